The van der Waals surface area contributed by atoms with Gasteiger partial charge in [-0.1, -0.05) is 12.1 Å². The standard InChI is InChI=1S/C30H33F2N3O4/c1-18-6-5-7-28(39-4)29(18)27(37)17-34(16-21-12-23(31)14-24(32)13-21)30(38)26-15-33-35(19(26)2)25-10-8-22(9-11-25)20(3)36/h5-7,12-15,22,25H,8-11,16-17H2,1-4H3. The number of nitrogens with zero attached hydrogens (tertiary/aromatic N) is 3. The molecule has 1 saturated carbocycles. The van der Waals surface area contributed by atoms with E-state index in [1.807, 2.05) is 4.68 Å². The molecule has 4 rings (SSSR count). The number of carbonyl (C=O) groups excluding carboxylic acids is 3. The molecule has 1 aliphatic carbocycles. The number of hydrogen-bond donors (Lipinski definition) is 0. The second-order valence-electron chi connectivity index (χ2n) is 10.2. The zero-order chi connectivity index (χ0) is 28.3. The van der Waals surface area contributed by atoms with E-state index < -0.39 is 17.5 Å². The van der Waals surface area contributed by atoms with Crippen molar-refractivity contribution in [1.29, 1.82) is 0 Å². The topological polar surface area (TPSA) is 81.5 Å². The highest BCUT2D eigenvalue weighted by Gasteiger charge is 2.30. The van der Waals surface area contributed by atoms with Gasteiger partial charge in [-0.25, -0.2) is 8.78 Å². The molecule has 0 radical (unpaired) electrons. The molecule has 1 heterocycles. The molecule has 2 aromatic carbocycles. The molecule has 1 aromatic heterocycles. The van der Waals surface area contributed by atoms with Crippen LogP contribution in [0.2, 0.25) is 0 Å². The quantitative estimate of drug-likeness (QED) is 0.331. The predicted molar refractivity (Wildman–Crippen MR) is 142 cm³/mol. The molecular formula is C30H33F2N3O4. The third-order valence-electron chi connectivity index (χ3n) is 7.54. The van der Waals surface area contributed by atoms with Crippen molar-refractivity contribution < 1.29 is 27.9 Å². The molecule has 7 nitrogen and oxygen atoms in total. The lowest BCUT2D eigenvalue weighted by atomic mass is 9.84. The van der Waals surface area contributed by atoms with Crippen molar-refractivity contribution in [2.75, 3.05) is 13.7 Å². The van der Waals surface area contributed by atoms with E-state index in [1.165, 1.54) is 18.2 Å². The second kappa shape index (κ2) is 11.9. The Morgan fingerprint density at radius 2 is 1.72 bits per heavy atom. The molecule has 1 fully saturated rings. The fourth-order valence-corrected chi connectivity index (χ4v) is 5.44. The van der Waals surface area contributed by atoms with Gasteiger partial charge < -0.3 is 9.64 Å². The maximum atomic E-state index is 14.0. The van der Waals surface area contributed by atoms with Crippen molar-refractivity contribution in [3.63, 3.8) is 0 Å². The molecule has 0 aliphatic heterocycles. The van der Waals surface area contributed by atoms with Gasteiger partial charge in [0.2, 0.25) is 0 Å². The van der Waals surface area contributed by atoms with Crippen molar-refractivity contribution in [3.05, 3.63) is 82.2 Å². The molecule has 0 saturated heterocycles. The number of aryl methyl sites for hydroxylation is 1. The van der Waals surface area contributed by atoms with Crippen LogP contribution in [0.3, 0.4) is 0 Å². The minimum atomic E-state index is -0.769. The molecule has 206 valence electrons. The van der Waals surface area contributed by atoms with Crippen LogP contribution in [0, 0.1) is 31.4 Å². The molecule has 3 aromatic rings. The molecule has 0 spiro atoms. The molecule has 0 bridgehead atoms. The van der Waals surface area contributed by atoms with Crippen molar-refractivity contribution in [2.45, 2.75) is 59.0 Å². The van der Waals surface area contributed by atoms with Gasteiger partial charge in [0.1, 0.15) is 23.2 Å². The maximum Gasteiger partial charge on any atom is 0.258 e. The predicted octanol–water partition coefficient (Wildman–Crippen LogP) is 5.63. The first-order chi connectivity index (χ1) is 18.6. The summed E-state index contributed by atoms with van der Waals surface area (Å²) in [5, 5.41) is 4.49. The largest absolute Gasteiger partial charge is 0.496 e. The van der Waals surface area contributed by atoms with E-state index in [2.05, 4.69) is 5.10 Å². The van der Waals surface area contributed by atoms with E-state index in [9.17, 15) is 23.2 Å². The van der Waals surface area contributed by atoms with Crippen LogP contribution in [0.15, 0.2) is 42.6 Å². The Kier molecular flexibility index (Phi) is 8.57. The number of hydrogen-bond acceptors (Lipinski definition) is 5. The van der Waals surface area contributed by atoms with Crippen LogP contribution in [0.4, 0.5) is 8.78 Å². The SMILES string of the molecule is COc1cccc(C)c1C(=O)CN(Cc1cc(F)cc(F)c1)C(=O)c1cnn(C2CCC(C(C)=O)CC2)c1C. The highest BCUT2D eigenvalue weighted by Crippen LogP contribution is 2.33. The zero-order valence-electron chi connectivity index (χ0n) is 22.7. The van der Waals surface area contributed by atoms with Crippen LogP contribution < -0.4 is 4.74 Å². The Balaban J connectivity index is 1.64. The minimum absolute atomic E-state index is 0.0600. The highest BCUT2D eigenvalue weighted by atomic mass is 19.1. The van der Waals surface area contributed by atoms with Crippen LogP contribution >= 0.6 is 0 Å². The van der Waals surface area contributed by atoms with Crippen molar-refractivity contribution in [1.82, 2.24) is 14.7 Å². The van der Waals surface area contributed by atoms with E-state index in [-0.39, 0.29) is 42.2 Å². The smallest absolute Gasteiger partial charge is 0.258 e. The van der Waals surface area contributed by atoms with Gasteiger partial charge in [0.05, 0.1) is 37.0 Å². The molecular weight excluding hydrogens is 504 g/mol. The van der Waals surface area contributed by atoms with E-state index in [0.29, 0.717) is 28.1 Å². The van der Waals surface area contributed by atoms with Gasteiger partial charge in [-0.3, -0.25) is 19.1 Å². The molecule has 39 heavy (non-hydrogen) atoms. The lowest BCUT2D eigenvalue weighted by Crippen LogP contribution is -2.36. The summed E-state index contributed by atoms with van der Waals surface area (Å²) in [6.07, 6.45) is 4.57. The Morgan fingerprint density at radius 3 is 2.33 bits per heavy atom. The van der Waals surface area contributed by atoms with Crippen LogP contribution in [0.5, 0.6) is 5.75 Å². The Bertz CT molecular complexity index is 1370. The van der Waals surface area contributed by atoms with Crippen LogP contribution in [0.25, 0.3) is 0 Å². The van der Waals surface area contributed by atoms with Crippen LogP contribution in [0.1, 0.15) is 76.2 Å². The van der Waals surface area contributed by atoms with E-state index in [4.69, 9.17) is 4.74 Å². The van der Waals surface area contributed by atoms with Gasteiger partial charge in [-0.05, 0) is 75.8 Å². The minimum Gasteiger partial charge on any atom is -0.496 e. The van der Waals surface area contributed by atoms with Gasteiger partial charge >= 0.3 is 0 Å². The number of benzene rings is 2. The number of aromatic nitrogens is 2. The number of halogens is 2. The monoisotopic (exact) mass is 537 g/mol. The summed E-state index contributed by atoms with van der Waals surface area (Å²) >= 11 is 0. The number of amides is 1. The Hall–Kier alpha value is -3.88. The summed E-state index contributed by atoms with van der Waals surface area (Å²) in [5.74, 6) is -1.73. The van der Waals surface area contributed by atoms with Crippen molar-refractivity contribution in [3.8, 4) is 5.75 Å². The maximum absolute atomic E-state index is 14.0. The van der Waals surface area contributed by atoms with Gasteiger partial charge in [-0.2, -0.15) is 5.10 Å². The Morgan fingerprint density at radius 1 is 1.05 bits per heavy atom. The first-order valence-corrected chi connectivity index (χ1v) is 13.0. The van der Waals surface area contributed by atoms with E-state index >= 15 is 0 Å². The summed E-state index contributed by atoms with van der Waals surface area (Å²) in [7, 11) is 1.46. The third-order valence-corrected chi connectivity index (χ3v) is 7.54. The highest BCUT2D eigenvalue weighted by molar-refractivity contribution is 6.04. The number of methoxy groups -OCH3 is 1. The lowest BCUT2D eigenvalue weighted by molar-refractivity contribution is -0.121. The summed E-state index contributed by atoms with van der Waals surface area (Å²) in [4.78, 5) is 40.4. The summed E-state index contributed by atoms with van der Waals surface area (Å²) in [6.45, 7) is 4.69. The zero-order valence-corrected chi connectivity index (χ0v) is 22.7. The number of ether oxygens (including phenoxy) is 1. The number of Topliss-reactive ketones (excluding diaryl/α,β-unsaturated/α-hetero) is 2. The van der Waals surface area contributed by atoms with E-state index in [1.54, 1.807) is 39.0 Å². The number of ketones is 2. The molecule has 1 aliphatic rings. The fraction of sp³-hybridized carbons (Fsp3) is 0.400. The normalized spacial score (nSPS) is 17.1. The number of carbonyl (C=O) groups is 3. The molecule has 1 amide bonds. The average molecular weight is 538 g/mol. The van der Waals surface area contributed by atoms with Crippen LogP contribution in [-0.2, 0) is 11.3 Å². The van der Waals surface area contributed by atoms with Gasteiger partial charge in [0.25, 0.3) is 5.91 Å². The number of rotatable bonds is 9. The van der Waals surface area contributed by atoms with Gasteiger partial charge in [-0.15, -0.1) is 0 Å². The molecule has 9 heteroatoms. The second-order valence-corrected chi connectivity index (χ2v) is 10.2. The Labute approximate surface area is 226 Å². The summed E-state index contributed by atoms with van der Waals surface area (Å²) < 4.78 is 35.1. The summed E-state index contributed by atoms with van der Waals surface area (Å²) in [5.41, 5.74) is 2.21. The molecule has 0 unspecified atom stereocenters. The average Bonchev–Trinajstić information content (AvgIpc) is 3.28. The molecule has 0 N–H and O–H groups in total. The third kappa shape index (κ3) is 6.24. The van der Waals surface area contributed by atoms with Crippen molar-refractivity contribution >= 4 is 17.5 Å². The molecule has 0 atom stereocenters. The first-order valence-electron chi connectivity index (χ1n) is 13.0. The van der Waals surface area contributed by atoms with E-state index in [0.717, 1.165) is 43.9 Å². The van der Waals surface area contributed by atoms with Crippen LogP contribution in [-0.4, -0.2) is 45.8 Å². The van der Waals surface area contributed by atoms with Gasteiger partial charge in [0, 0.05) is 24.2 Å². The fourth-order valence-electron chi connectivity index (χ4n) is 5.44. The lowest BCUT2D eigenvalue weighted by Gasteiger charge is -2.28. The summed E-state index contributed by atoms with van der Waals surface area (Å²) in [6, 6.07) is 8.32. The van der Waals surface area contributed by atoms with Gasteiger partial charge in [0.15, 0.2) is 5.78 Å². The van der Waals surface area contributed by atoms with Crippen molar-refractivity contribution in [2.24, 2.45) is 5.92 Å². The first kappa shape index (κ1) is 28.1.